The smallest absolute Gasteiger partial charge is 0.261 e. The van der Waals surface area contributed by atoms with Gasteiger partial charge < -0.3 is 5.32 Å². The molecule has 4 aromatic rings. The van der Waals surface area contributed by atoms with Crippen molar-refractivity contribution >= 4 is 27.9 Å². The zero-order valence-corrected chi connectivity index (χ0v) is 13.6. The Kier molecular flexibility index (Phi) is 3.77. The molecule has 0 saturated heterocycles. The van der Waals surface area contributed by atoms with E-state index in [1.807, 2.05) is 28.2 Å². The Hall–Kier alpha value is -3.06. The first-order valence-corrected chi connectivity index (χ1v) is 8.28. The Morgan fingerprint density at radius 3 is 2.60 bits per heavy atom. The van der Waals surface area contributed by atoms with Gasteiger partial charge in [-0.05, 0) is 18.2 Å². The fourth-order valence-electron chi connectivity index (χ4n) is 2.57. The van der Waals surface area contributed by atoms with E-state index in [1.54, 1.807) is 18.2 Å². The molecule has 0 spiro atoms. The number of anilines is 1. The van der Waals surface area contributed by atoms with Crippen LogP contribution in [0.25, 0.3) is 16.2 Å². The number of carbonyl (C=O) groups excluding carboxylic acids is 1. The summed E-state index contributed by atoms with van der Waals surface area (Å²) in [6.45, 7) is 0. The molecular weight excluding hydrogens is 344 g/mol. The van der Waals surface area contributed by atoms with Crippen LogP contribution in [0.5, 0.6) is 0 Å². The average Bonchev–Trinajstić information content (AvgIpc) is 3.17. The highest BCUT2D eigenvalue weighted by atomic mass is 32.1. The lowest BCUT2D eigenvalue weighted by Gasteiger charge is -2.10. The van der Waals surface area contributed by atoms with Crippen LogP contribution < -0.4 is 5.32 Å². The van der Waals surface area contributed by atoms with E-state index in [1.165, 1.54) is 17.4 Å². The number of thiazole rings is 1. The number of nitrogens with zero attached hydrogens (tertiary/aromatic N) is 2. The molecule has 2 aromatic carbocycles. The topological polar surface area (TPSA) is 46.4 Å². The molecular formula is C18H11F2N3OS. The zero-order valence-electron chi connectivity index (χ0n) is 12.7. The van der Waals surface area contributed by atoms with Crippen molar-refractivity contribution in [3.63, 3.8) is 0 Å². The second kappa shape index (κ2) is 6.10. The minimum atomic E-state index is -0.905. The SMILES string of the molecule is O=C(Nc1ccccc1-c1cn2ccsc2n1)c1c(F)cccc1F. The van der Waals surface area contributed by atoms with Gasteiger partial charge in [-0.25, -0.2) is 13.8 Å². The monoisotopic (exact) mass is 355 g/mol. The maximum absolute atomic E-state index is 13.8. The van der Waals surface area contributed by atoms with Crippen LogP contribution in [0.3, 0.4) is 0 Å². The van der Waals surface area contributed by atoms with Gasteiger partial charge >= 0.3 is 0 Å². The second-order valence-electron chi connectivity index (χ2n) is 5.32. The number of carbonyl (C=O) groups is 1. The average molecular weight is 355 g/mol. The standard InChI is InChI=1S/C18H11F2N3OS/c19-12-5-3-6-13(20)16(12)17(24)21-14-7-2-1-4-11(14)15-10-23-8-9-25-18(23)22-15/h1-10H,(H,21,24). The summed E-state index contributed by atoms with van der Waals surface area (Å²) in [6.07, 6.45) is 3.72. The highest BCUT2D eigenvalue weighted by Gasteiger charge is 2.19. The van der Waals surface area contributed by atoms with Crippen LogP contribution in [0.15, 0.2) is 60.2 Å². The normalized spacial score (nSPS) is 11.0. The predicted octanol–water partition coefficient (Wildman–Crippen LogP) is 4.59. The van der Waals surface area contributed by atoms with Gasteiger partial charge in [-0.1, -0.05) is 24.3 Å². The fourth-order valence-corrected chi connectivity index (χ4v) is 3.27. The Morgan fingerprint density at radius 1 is 1.08 bits per heavy atom. The molecule has 2 aromatic heterocycles. The van der Waals surface area contributed by atoms with Crippen molar-refractivity contribution < 1.29 is 13.6 Å². The van der Waals surface area contributed by atoms with Crippen LogP contribution in [-0.2, 0) is 0 Å². The van der Waals surface area contributed by atoms with Crippen molar-refractivity contribution in [1.29, 1.82) is 0 Å². The number of para-hydroxylation sites is 1. The van der Waals surface area contributed by atoms with E-state index < -0.39 is 23.1 Å². The summed E-state index contributed by atoms with van der Waals surface area (Å²) in [5, 5.41) is 4.50. The van der Waals surface area contributed by atoms with Crippen LogP contribution in [0, 0.1) is 11.6 Å². The molecule has 0 atom stereocenters. The van der Waals surface area contributed by atoms with E-state index in [2.05, 4.69) is 10.3 Å². The van der Waals surface area contributed by atoms with Gasteiger partial charge in [-0.3, -0.25) is 9.20 Å². The Bertz CT molecular complexity index is 1040. The number of aromatic nitrogens is 2. The molecule has 124 valence electrons. The van der Waals surface area contributed by atoms with Gasteiger partial charge in [0.05, 0.1) is 11.4 Å². The molecule has 0 unspecified atom stereocenters. The molecule has 1 N–H and O–H groups in total. The Balaban J connectivity index is 1.72. The number of nitrogens with one attached hydrogen (secondary N) is 1. The molecule has 0 fully saturated rings. The molecule has 0 radical (unpaired) electrons. The van der Waals surface area contributed by atoms with Crippen molar-refractivity contribution in [2.24, 2.45) is 0 Å². The van der Waals surface area contributed by atoms with Crippen LogP contribution in [-0.4, -0.2) is 15.3 Å². The molecule has 0 aliphatic rings. The minimum Gasteiger partial charge on any atom is -0.321 e. The van der Waals surface area contributed by atoms with Crippen molar-refractivity contribution in [2.75, 3.05) is 5.32 Å². The lowest BCUT2D eigenvalue weighted by molar-refractivity contribution is 0.101. The maximum atomic E-state index is 13.8. The third-order valence-electron chi connectivity index (χ3n) is 3.73. The highest BCUT2D eigenvalue weighted by molar-refractivity contribution is 7.15. The quantitative estimate of drug-likeness (QED) is 0.584. The van der Waals surface area contributed by atoms with E-state index in [4.69, 9.17) is 0 Å². The van der Waals surface area contributed by atoms with Gasteiger partial charge in [-0.2, -0.15) is 0 Å². The molecule has 4 rings (SSSR count). The first-order chi connectivity index (χ1) is 12.1. The fraction of sp³-hybridized carbons (Fsp3) is 0. The predicted molar refractivity (Wildman–Crippen MR) is 92.8 cm³/mol. The first kappa shape index (κ1) is 15.5. The van der Waals surface area contributed by atoms with Crippen molar-refractivity contribution in [2.45, 2.75) is 0 Å². The number of hydrogen-bond donors (Lipinski definition) is 1. The van der Waals surface area contributed by atoms with Crippen molar-refractivity contribution in [3.05, 3.63) is 77.4 Å². The summed E-state index contributed by atoms with van der Waals surface area (Å²) < 4.78 is 29.5. The number of imidazole rings is 1. The van der Waals surface area contributed by atoms with E-state index >= 15 is 0 Å². The number of hydrogen-bond acceptors (Lipinski definition) is 3. The van der Waals surface area contributed by atoms with Crippen LogP contribution in [0.1, 0.15) is 10.4 Å². The molecule has 0 saturated carbocycles. The van der Waals surface area contributed by atoms with Gasteiger partial charge in [0.1, 0.15) is 17.2 Å². The molecule has 0 aliphatic heterocycles. The third-order valence-corrected chi connectivity index (χ3v) is 4.51. The summed E-state index contributed by atoms with van der Waals surface area (Å²) in [7, 11) is 0. The third kappa shape index (κ3) is 2.78. The van der Waals surface area contributed by atoms with E-state index in [9.17, 15) is 13.6 Å². The summed E-state index contributed by atoms with van der Waals surface area (Å²) in [5.74, 6) is -2.65. The van der Waals surface area contributed by atoms with E-state index in [0.29, 0.717) is 16.9 Å². The maximum Gasteiger partial charge on any atom is 0.261 e. The molecule has 1 amide bonds. The molecule has 7 heteroatoms. The molecule has 0 aliphatic carbocycles. The summed E-state index contributed by atoms with van der Waals surface area (Å²) in [5.41, 5.74) is 1.16. The minimum absolute atomic E-state index is 0.431. The lowest BCUT2D eigenvalue weighted by atomic mass is 10.1. The van der Waals surface area contributed by atoms with E-state index in [-0.39, 0.29) is 0 Å². The number of halogens is 2. The number of rotatable bonds is 3. The van der Waals surface area contributed by atoms with Gasteiger partial charge in [0.15, 0.2) is 4.96 Å². The van der Waals surface area contributed by atoms with Crippen molar-refractivity contribution in [3.8, 4) is 11.3 Å². The summed E-state index contributed by atoms with van der Waals surface area (Å²) >= 11 is 1.49. The summed E-state index contributed by atoms with van der Waals surface area (Å²) in [4.78, 5) is 17.7. The molecule has 0 bridgehead atoms. The number of amides is 1. The molecule has 2 heterocycles. The van der Waals surface area contributed by atoms with Gasteiger partial charge in [0, 0.05) is 23.3 Å². The van der Waals surface area contributed by atoms with E-state index in [0.717, 1.165) is 17.1 Å². The van der Waals surface area contributed by atoms with Crippen molar-refractivity contribution in [1.82, 2.24) is 9.38 Å². The Morgan fingerprint density at radius 2 is 1.84 bits per heavy atom. The molecule has 4 nitrogen and oxygen atoms in total. The number of fused-ring (bicyclic) bond motifs is 1. The zero-order chi connectivity index (χ0) is 17.4. The number of benzene rings is 2. The largest absolute Gasteiger partial charge is 0.321 e. The van der Waals surface area contributed by atoms with Crippen LogP contribution >= 0.6 is 11.3 Å². The second-order valence-corrected chi connectivity index (χ2v) is 6.19. The van der Waals surface area contributed by atoms with Gasteiger partial charge in [0.25, 0.3) is 5.91 Å². The summed E-state index contributed by atoms with van der Waals surface area (Å²) in [6, 6.07) is 10.3. The lowest BCUT2D eigenvalue weighted by Crippen LogP contribution is -2.16. The van der Waals surface area contributed by atoms with Crippen LogP contribution in [0.2, 0.25) is 0 Å². The molecule has 25 heavy (non-hydrogen) atoms. The first-order valence-electron chi connectivity index (χ1n) is 7.40. The van der Waals surface area contributed by atoms with Gasteiger partial charge in [0.2, 0.25) is 0 Å². The Labute approximate surface area is 145 Å². The highest BCUT2D eigenvalue weighted by Crippen LogP contribution is 2.29. The van der Waals surface area contributed by atoms with Crippen LogP contribution in [0.4, 0.5) is 14.5 Å². The van der Waals surface area contributed by atoms with Gasteiger partial charge in [-0.15, -0.1) is 11.3 Å².